The van der Waals surface area contributed by atoms with Crippen molar-refractivity contribution in [3.63, 3.8) is 0 Å². The third kappa shape index (κ3) is 2.22. The lowest BCUT2D eigenvalue weighted by molar-refractivity contribution is 0.118. The fraction of sp³-hybridized carbons (Fsp3) is 0.643. The van der Waals surface area contributed by atoms with Crippen molar-refractivity contribution in [2.24, 2.45) is 5.73 Å². The molecular weight excluding hydrogens is 210 g/mol. The van der Waals surface area contributed by atoms with Crippen molar-refractivity contribution in [3.05, 3.63) is 29.6 Å². The SMILES string of the molecule is Cc1ccc(CN2C3CCC2CC(N)C3)nc1. The molecule has 2 aliphatic heterocycles. The maximum atomic E-state index is 6.09. The lowest BCUT2D eigenvalue weighted by Crippen LogP contribution is -2.46. The summed E-state index contributed by atoms with van der Waals surface area (Å²) in [5.41, 5.74) is 8.52. The van der Waals surface area contributed by atoms with Gasteiger partial charge in [0.05, 0.1) is 5.69 Å². The van der Waals surface area contributed by atoms with Crippen LogP contribution in [0.5, 0.6) is 0 Å². The quantitative estimate of drug-likeness (QED) is 0.844. The van der Waals surface area contributed by atoms with Gasteiger partial charge in [-0.05, 0) is 44.2 Å². The van der Waals surface area contributed by atoms with Gasteiger partial charge in [0.25, 0.3) is 0 Å². The van der Waals surface area contributed by atoms with E-state index in [-0.39, 0.29) is 0 Å². The number of fused-ring (bicyclic) bond motifs is 2. The Bertz CT molecular complexity index is 373. The standard InChI is InChI=1S/C14H21N3/c1-10-2-3-12(16-8-10)9-17-13-4-5-14(17)7-11(15)6-13/h2-3,8,11,13-14H,4-7,9,15H2,1H3. The average molecular weight is 231 g/mol. The zero-order valence-corrected chi connectivity index (χ0v) is 10.5. The first-order valence-corrected chi connectivity index (χ1v) is 6.65. The normalized spacial score (nSPS) is 32.9. The van der Waals surface area contributed by atoms with E-state index < -0.39 is 0 Å². The van der Waals surface area contributed by atoms with E-state index in [0.717, 1.165) is 6.54 Å². The molecule has 2 N–H and O–H groups in total. The molecule has 1 aromatic heterocycles. The Labute approximate surface area is 103 Å². The topological polar surface area (TPSA) is 42.1 Å². The molecule has 0 spiro atoms. The second kappa shape index (κ2) is 4.39. The fourth-order valence-electron chi connectivity index (χ4n) is 3.35. The van der Waals surface area contributed by atoms with E-state index in [9.17, 15) is 0 Å². The molecule has 17 heavy (non-hydrogen) atoms. The van der Waals surface area contributed by atoms with Crippen molar-refractivity contribution < 1.29 is 0 Å². The maximum absolute atomic E-state index is 6.09. The molecule has 0 radical (unpaired) electrons. The highest BCUT2D eigenvalue weighted by atomic mass is 15.2. The van der Waals surface area contributed by atoms with E-state index in [0.29, 0.717) is 18.1 Å². The van der Waals surface area contributed by atoms with Gasteiger partial charge in [0.1, 0.15) is 0 Å². The summed E-state index contributed by atoms with van der Waals surface area (Å²) in [5.74, 6) is 0. The lowest BCUT2D eigenvalue weighted by Gasteiger charge is -2.37. The monoisotopic (exact) mass is 231 g/mol. The fourth-order valence-corrected chi connectivity index (χ4v) is 3.35. The molecule has 3 nitrogen and oxygen atoms in total. The molecule has 2 bridgehead atoms. The van der Waals surface area contributed by atoms with E-state index in [2.05, 4.69) is 28.9 Å². The number of aromatic nitrogens is 1. The largest absolute Gasteiger partial charge is 0.328 e. The van der Waals surface area contributed by atoms with Gasteiger partial charge in [-0.2, -0.15) is 0 Å². The molecule has 0 aliphatic carbocycles. The van der Waals surface area contributed by atoms with Crippen LogP contribution in [0.3, 0.4) is 0 Å². The number of aryl methyl sites for hydroxylation is 1. The molecule has 3 heteroatoms. The Hall–Kier alpha value is -0.930. The predicted octanol–water partition coefficient (Wildman–Crippen LogP) is 1.84. The van der Waals surface area contributed by atoms with Crippen LogP contribution in [0.1, 0.15) is 36.9 Å². The second-order valence-electron chi connectivity index (χ2n) is 5.62. The van der Waals surface area contributed by atoms with Crippen LogP contribution in [0.25, 0.3) is 0 Å². The molecular formula is C14H21N3. The minimum absolute atomic E-state index is 0.426. The van der Waals surface area contributed by atoms with Gasteiger partial charge in [0, 0.05) is 30.9 Å². The summed E-state index contributed by atoms with van der Waals surface area (Å²) in [6.07, 6.45) is 6.95. The summed E-state index contributed by atoms with van der Waals surface area (Å²) < 4.78 is 0. The van der Waals surface area contributed by atoms with Crippen molar-refractivity contribution in [2.45, 2.75) is 57.3 Å². The Balaban J connectivity index is 1.72. The first kappa shape index (κ1) is 11.2. The summed E-state index contributed by atoms with van der Waals surface area (Å²) in [7, 11) is 0. The van der Waals surface area contributed by atoms with Crippen LogP contribution >= 0.6 is 0 Å². The highest BCUT2D eigenvalue weighted by Crippen LogP contribution is 2.35. The van der Waals surface area contributed by atoms with Crippen LogP contribution in [0.4, 0.5) is 0 Å². The van der Waals surface area contributed by atoms with E-state index in [1.165, 1.54) is 36.9 Å². The number of nitrogens with zero attached hydrogens (tertiary/aromatic N) is 2. The third-order valence-electron chi connectivity index (χ3n) is 4.24. The Morgan fingerprint density at radius 2 is 2.00 bits per heavy atom. The number of hydrogen-bond donors (Lipinski definition) is 1. The smallest absolute Gasteiger partial charge is 0.0544 e. The van der Waals surface area contributed by atoms with Crippen LogP contribution in [-0.2, 0) is 6.54 Å². The first-order chi connectivity index (χ1) is 8.22. The van der Waals surface area contributed by atoms with Gasteiger partial charge in [-0.15, -0.1) is 0 Å². The van der Waals surface area contributed by atoms with Crippen LogP contribution in [0.2, 0.25) is 0 Å². The molecule has 92 valence electrons. The molecule has 1 aromatic rings. The molecule has 2 saturated heterocycles. The van der Waals surface area contributed by atoms with E-state index in [1.54, 1.807) is 0 Å². The second-order valence-corrected chi connectivity index (χ2v) is 5.62. The predicted molar refractivity (Wildman–Crippen MR) is 68.5 cm³/mol. The number of nitrogens with two attached hydrogens (primary N) is 1. The Morgan fingerprint density at radius 1 is 1.29 bits per heavy atom. The summed E-state index contributed by atoms with van der Waals surface area (Å²) in [4.78, 5) is 7.14. The lowest BCUT2D eigenvalue weighted by atomic mass is 9.98. The summed E-state index contributed by atoms with van der Waals surface area (Å²) in [6.45, 7) is 3.09. The Kier molecular flexibility index (Phi) is 2.89. The number of rotatable bonds is 2. The summed E-state index contributed by atoms with van der Waals surface area (Å²) in [6, 6.07) is 6.14. The molecule has 2 aliphatic rings. The maximum Gasteiger partial charge on any atom is 0.0544 e. The molecule has 2 unspecified atom stereocenters. The number of hydrogen-bond acceptors (Lipinski definition) is 3. The van der Waals surface area contributed by atoms with Gasteiger partial charge < -0.3 is 5.73 Å². The zero-order valence-electron chi connectivity index (χ0n) is 10.5. The van der Waals surface area contributed by atoms with Crippen molar-refractivity contribution in [1.82, 2.24) is 9.88 Å². The van der Waals surface area contributed by atoms with Crippen molar-refractivity contribution in [3.8, 4) is 0 Å². The van der Waals surface area contributed by atoms with Gasteiger partial charge in [-0.25, -0.2) is 0 Å². The van der Waals surface area contributed by atoms with Crippen molar-refractivity contribution in [1.29, 1.82) is 0 Å². The van der Waals surface area contributed by atoms with Crippen molar-refractivity contribution in [2.75, 3.05) is 0 Å². The minimum atomic E-state index is 0.426. The number of piperidine rings is 1. The highest BCUT2D eigenvalue weighted by Gasteiger charge is 2.39. The van der Waals surface area contributed by atoms with Crippen LogP contribution < -0.4 is 5.73 Å². The van der Waals surface area contributed by atoms with E-state index in [1.807, 2.05) is 6.20 Å². The first-order valence-electron chi connectivity index (χ1n) is 6.65. The van der Waals surface area contributed by atoms with Gasteiger partial charge in [-0.1, -0.05) is 6.07 Å². The minimum Gasteiger partial charge on any atom is -0.328 e. The average Bonchev–Trinajstić information content (AvgIpc) is 2.56. The summed E-state index contributed by atoms with van der Waals surface area (Å²) >= 11 is 0. The van der Waals surface area contributed by atoms with Gasteiger partial charge in [0.15, 0.2) is 0 Å². The molecule has 3 rings (SSSR count). The molecule has 2 fully saturated rings. The Morgan fingerprint density at radius 3 is 2.59 bits per heavy atom. The van der Waals surface area contributed by atoms with Crippen LogP contribution in [0.15, 0.2) is 18.3 Å². The van der Waals surface area contributed by atoms with Gasteiger partial charge in [-0.3, -0.25) is 9.88 Å². The van der Waals surface area contributed by atoms with Crippen LogP contribution in [0, 0.1) is 6.92 Å². The summed E-state index contributed by atoms with van der Waals surface area (Å²) in [5, 5.41) is 0. The van der Waals surface area contributed by atoms with Gasteiger partial charge >= 0.3 is 0 Å². The molecule has 0 saturated carbocycles. The number of pyridine rings is 1. The van der Waals surface area contributed by atoms with E-state index in [4.69, 9.17) is 5.73 Å². The molecule has 3 heterocycles. The molecule has 0 amide bonds. The van der Waals surface area contributed by atoms with E-state index >= 15 is 0 Å². The van der Waals surface area contributed by atoms with Crippen LogP contribution in [-0.4, -0.2) is 28.0 Å². The van der Waals surface area contributed by atoms with Crippen molar-refractivity contribution >= 4 is 0 Å². The third-order valence-corrected chi connectivity index (χ3v) is 4.24. The van der Waals surface area contributed by atoms with Gasteiger partial charge in [0.2, 0.25) is 0 Å². The molecule has 2 atom stereocenters. The zero-order chi connectivity index (χ0) is 11.8. The highest BCUT2D eigenvalue weighted by molar-refractivity contribution is 5.13. The molecule has 0 aromatic carbocycles.